The second kappa shape index (κ2) is 32.4. The van der Waals surface area contributed by atoms with Crippen LogP contribution in [0.3, 0.4) is 0 Å². The highest BCUT2D eigenvalue weighted by Gasteiger charge is 2.78. The second-order valence-corrected chi connectivity index (χ2v) is 25.9. The number of Topliss-reactive ketones (excluding diaryl/α,β-unsaturated/α-hetero) is 1. The van der Waals surface area contributed by atoms with Crippen LogP contribution in [0.2, 0.25) is 0 Å². The van der Waals surface area contributed by atoms with E-state index in [0.29, 0.717) is 50.6 Å². The SMILES string of the molecule is CC(=O)O[C@@]12CO[C@@H]1C[C@H](O)[C@@]1(C)C(=O)C(OC(=O)NCCCCCCNC(=O)C(CCCCN)NC(=O)C(CC(N)=O)NC(=O)C(C)NC(=O)C(C)N)=C3C(C)[C@@H](OC(=O)[C@H](O)[C@@H](NC(=O)c4ccccc4)c4ccccc4)C[C@@](O)([C@@H](OC(=O)c4ccccc4)[C@H]21)C3(C)C. The Kier molecular flexibility index (Phi) is 25.2. The van der Waals surface area contributed by atoms with Gasteiger partial charge in [0.05, 0.1) is 48.1 Å². The van der Waals surface area contributed by atoms with E-state index < -0.39 is 185 Å². The zero-order chi connectivity index (χ0) is 70.5. The van der Waals surface area contributed by atoms with Crippen LogP contribution in [0.15, 0.2) is 102 Å². The Balaban J connectivity index is 1.13. The van der Waals surface area contributed by atoms with Gasteiger partial charge >= 0.3 is 24.0 Å². The second-order valence-electron chi connectivity index (χ2n) is 25.9. The number of primary amides is 1. The van der Waals surface area contributed by atoms with Gasteiger partial charge in [0.25, 0.3) is 5.91 Å². The number of amides is 7. The lowest BCUT2D eigenvalue weighted by atomic mass is 9.45. The minimum Gasteiger partial charge on any atom is -0.460 e. The first-order chi connectivity index (χ1) is 45.4. The highest BCUT2D eigenvalue weighted by Crippen LogP contribution is 2.65. The number of benzene rings is 3. The molecule has 4 aliphatic rings. The maximum Gasteiger partial charge on any atom is 0.412 e. The highest BCUT2D eigenvalue weighted by atomic mass is 16.6. The summed E-state index contributed by atoms with van der Waals surface area (Å²) in [5, 5.41) is 54.2. The van der Waals surface area contributed by atoms with Crippen LogP contribution >= 0.6 is 0 Å². The van der Waals surface area contributed by atoms with Crippen molar-refractivity contribution in [1.29, 1.82) is 0 Å². The number of alkyl carbamates (subject to hydrolysis) is 1. The summed E-state index contributed by atoms with van der Waals surface area (Å²) in [6.07, 6.45) is -8.32. The van der Waals surface area contributed by atoms with E-state index in [1.54, 1.807) is 73.7 Å². The highest BCUT2D eigenvalue weighted by molar-refractivity contribution is 6.02. The number of ketones is 1. The molecule has 1 aliphatic heterocycles. The van der Waals surface area contributed by atoms with Crippen LogP contribution in [0.5, 0.6) is 0 Å². The lowest BCUT2D eigenvalue weighted by Gasteiger charge is -2.67. The molecule has 2 saturated carbocycles. The Hall–Kier alpha value is -8.67. The normalized spacial score (nSPS) is 25.8. The molecule has 96 heavy (non-hydrogen) atoms. The first kappa shape index (κ1) is 74.7. The number of hydrogen-bond acceptors (Lipinski definition) is 21. The third-order valence-corrected chi connectivity index (χ3v) is 18.9. The number of nitrogens with one attached hydrogen (secondary N) is 6. The Morgan fingerprint density at radius 3 is 1.90 bits per heavy atom. The summed E-state index contributed by atoms with van der Waals surface area (Å²) in [4.78, 5) is 151. The molecule has 7 amide bonds. The number of hydrogen-bond donors (Lipinski definition) is 12. The van der Waals surface area contributed by atoms with Crippen LogP contribution in [-0.4, -0.2) is 173 Å². The molecule has 2 bridgehead atoms. The predicted octanol–water partition coefficient (Wildman–Crippen LogP) is 1.61. The number of allylic oxidation sites excluding steroid dienone is 1. The lowest BCUT2D eigenvalue weighted by molar-refractivity contribution is -0.345. The third kappa shape index (κ3) is 16.8. The molecule has 522 valence electrons. The number of nitrogens with two attached hydrogens (primary N) is 3. The molecule has 7 rings (SSSR count). The van der Waals surface area contributed by atoms with Crippen molar-refractivity contribution in [2.45, 2.75) is 185 Å². The van der Waals surface area contributed by atoms with Gasteiger partial charge in [-0.2, -0.15) is 0 Å². The van der Waals surface area contributed by atoms with Gasteiger partial charge < -0.3 is 88.1 Å². The first-order valence-electron chi connectivity index (χ1n) is 32.4. The maximum absolute atomic E-state index is 16.2. The first-order valence-corrected chi connectivity index (χ1v) is 32.4. The number of fused-ring (bicyclic) bond motifs is 5. The van der Waals surface area contributed by atoms with E-state index in [1.165, 1.54) is 58.9 Å². The van der Waals surface area contributed by atoms with E-state index in [4.69, 9.17) is 40.9 Å². The van der Waals surface area contributed by atoms with Crippen molar-refractivity contribution in [3.63, 3.8) is 0 Å². The fraction of sp³-hybridized carbons (Fsp3) is 0.544. The zero-order valence-electron chi connectivity index (χ0n) is 55.1. The summed E-state index contributed by atoms with van der Waals surface area (Å²) in [7, 11) is 0. The fourth-order valence-corrected chi connectivity index (χ4v) is 13.5. The van der Waals surface area contributed by atoms with Gasteiger partial charge in [-0.1, -0.05) is 100 Å². The summed E-state index contributed by atoms with van der Waals surface area (Å²) < 4.78 is 31.1. The molecule has 3 aliphatic carbocycles. The molecule has 1 saturated heterocycles. The molecule has 15 N–H and O–H groups in total. The van der Waals surface area contributed by atoms with Gasteiger partial charge in [0.2, 0.25) is 35.3 Å². The smallest absolute Gasteiger partial charge is 0.412 e. The van der Waals surface area contributed by atoms with E-state index in [1.807, 2.05) is 0 Å². The van der Waals surface area contributed by atoms with Crippen molar-refractivity contribution in [2.75, 3.05) is 26.2 Å². The van der Waals surface area contributed by atoms with Gasteiger partial charge in [0, 0.05) is 49.8 Å². The Morgan fingerprint density at radius 1 is 0.729 bits per heavy atom. The molecule has 3 fully saturated rings. The quantitative estimate of drug-likeness (QED) is 0.0256. The van der Waals surface area contributed by atoms with Crippen molar-refractivity contribution < 1.29 is 91.7 Å². The maximum atomic E-state index is 16.2. The number of carbonyl (C=O) groups is 11. The topological polar surface area (TPSA) is 445 Å². The number of carbonyl (C=O) groups excluding carboxylic acids is 11. The van der Waals surface area contributed by atoms with E-state index in [9.17, 15) is 63.3 Å². The van der Waals surface area contributed by atoms with Crippen LogP contribution < -0.4 is 49.1 Å². The van der Waals surface area contributed by atoms with Crippen molar-refractivity contribution >= 4 is 65.2 Å². The number of ether oxygens (including phenoxy) is 5. The van der Waals surface area contributed by atoms with Gasteiger partial charge in [0.15, 0.2) is 17.5 Å². The van der Waals surface area contributed by atoms with Crippen molar-refractivity contribution in [2.24, 2.45) is 39.9 Å². The van der Waals surface area contributed by atoms with Crippen molar-refractivity contribution in [1.82, 2.24) is 31.9 Å². The molecule has 15 atom stereocenters. The third-order valence-electron chi connectivity index (χ3n) is 18.9. The monoisotopic (exact) mass is 1340 g/mol. The zero-order valence-corrected chi connectivity index (χ0v) is 55.1. The number of rotatable bonds is 30. The van der Waals surface area contributed by atoms with Gasteiger partial charge in [-0.15, -0.1) is 0 Å². The Morgan fingerprint density at radius 2 is 1.32 bits per heavy atom. The van der Waals surface area contributed by atoms with Gasteiger partial charge in [0.1, 0.15) is 42.0 Å². The number of unbranched alkanes of at least 4 members (excludes halogenated alkanes) is 4. The summed E-state index contributed by atoms with van der Waals surface area (Å²) in [6, 6.07) is 17.8. The summed E-state index contributed by atoms with van der Waals surface area (Å²) in [5.41, 5.74) is 8.62. The van der Waals surface area contributed by atoms with Crippen molar-refractivity contribution in [3.05, 3.63) is 119 Å². The summed E-state index contributed by atoms with van der Waals surface area (Å²) >= 11 is 0. The molecule has 28 heteroatoms. The van der Waals surface area contributed by atoms with E-state index >= 15 is 4.79 Å². The van der Waals surface area contributed by atoms with Crippen LogP contribution in [0, 0.1) is 22.7 Å². The average Bonchev–Trinajstić information content (AvgIpc) is 0.670. The van der Waals surface area contributed by atoms with Crippen LogP contribution in [0.1, 0.15) is 145 Å². The molecular formula is C68H91N9O19. The molecule has 3 aromatic rings. The molecular weight excluding hydrogens is 1250 g/mol. The van der Waals surface area contributed by atoms with Gasteiger partial charge in [-0.05, 0) is 94.8 Å². The van der Waals surface area contributed by atoms with E-state index in [0.717, 1.165) is 6.92 Å². The Bertz CT molecular complexity index is 3360. The minimum absolute atomic E-state index is 0.0105. The molecule has 5 unspecified atom stereocenters. The molecule has 0 aromatic heterocycles. The summed E-state index contributed by atoms with van der Waals surface area (Å²) in [6.45, 7) is 9.83. The van der Waals surface area contributed by atoms with Crippen LogP contribution in [0.4, 0.5) is 4.79 Å². The van der Waals surface area contributed by atoms with Crippen LogP contribution in [-0.2, 0) is 62.0 Å². The van der Waals surface area contributed by atoms with Gasteiger partial charge in [-0.25, -0.2) is 14.4 Å². The molecule has 3 aromatic carbocycles. The largest absolute Gasteiger partial charge is 0.460 e. The number of aliphatic hydroxyl groups excluding tert-OH is 2. The molecule has 0 spiro atoms. The number of aliphatic hydroxyl groups is 3. The molecule has 0 radical (unpaired) electrons. The predicted molar refractivity (Wildman–Crippen MR) is 343 cm³/mol. The average molecular weight is 1340 g/mol. The fourth-order valence-electron chi connectivity index (χ4n) is 13.5. The van der Waals surface area contributed by atoms with Gasteiger partial charge in [-0.3, -0.25) is 38.4 Å². The van der Waals surface area contributed by atoms with Crippen molar-refractivity contribution in [3.8, 4) is 0 Å². The lowest BCUT2D eigenvalue weighted by Crippen LogP contribution is -2.81. The molecule has 28 nitrogen and oxygen atoms in total. The van der Waals surface area contributed by atoms with E-state index in [2.05, 4.69) is 31.9 Å². The van der Waals surface area contributed by atoms with E-state index in [-0.39, 0.29) is 42.6 Å². The standard InChI is InChI=1S/C68H91N9O19/c1-37-46(93-63(89)52(81)51(41-23-13-10-14-24-41)77-59(85)42-25-15-11-16-26-42)35-68(91)56(95-62(88)43-27-17-12-18-28-43)54-66(7,47(79)34-48-67(54,36-92-48)96-40(4)78)55(82)53(50(37)65(68,5)6)94-64(90)73-32-22-9-8-21-31-72-60(86)44(29-19-20-30-69)75-61(87)45(33-49(71)80)76-58(84)39(3)74-57(83)38(2)70/h10-18,23-28,37-39,44-48,51-52,54,56,79,81,91H,8-9,19-22,29-36,69-70H2,1-7H3,(H2,71,80)(H,72,86)(H,73,90)(H,74,83)(H,75,87)(H,76,84)(H,77,85)/t37?,38?,39?,44?,45?,46-,47-,48+,51-,52+,54-,56-,66+,67-,68+/m0/s1. The summed E-state index contributed by atoms with van der Waals surface area (Å²) in [5.74, 6) is -12.2. The number of esters is 3. The minimum atomic E-state index is -2.53. The molecule has 1 heterocycles. The Labute approximate surface area is 556 Å². The van der Waals surface area contributed by atoms with Crippen LogP contribution in [0.25, 0.3) is 0 Å².